The van der Waals surface area contributed by atoms with Gasteiger partial charge in [-0.25, -0.2) is 4.68 Å². The zero-order valence-corrected chi connectivity index (χ0v) is 17.9. The highest BCUT2D eigenvalue weighted by Gasteiger charge is 2.20. The van der Waals surface area contributed by atoms with Crippen LogP contribution in [0.2, 0.25) is 0 Å². The third kappa shape index (κ3) is 4.52. The topological polar surface area (TPSA) is 76.5 Å². The van der Waals surface area contributed by atoms with E-state index in [2.05, 4.69) is 10.4 Å². The van der Waals surface area contributed by atoms with E-state index in [4.69, 9.17) is 4.74 Å². The van der Waals surface area contributed by atoms with Gasteiger partial charge in [0.15, 0.2) is 5.69 Å². The van der Waals surface area contributed by atoms with Gasteiger partial charge in [0.1, 0.15) is 5.75 Å². The summed E-state index contributed by atoms with van der Waals surface area (Å²) >= 11 is 0. The van der Waals surface area contributed by atoms with Gasteiger partial charge >= 0.3 is 0 Å². The number of rotatable bonds is 8. The molecule has 158 valence electrons. The Hall–Kier alpha value is -3.19. The summed E-state index contributed by atoms with van der Waals surface area (Å²) in [6.07, 6.45) is 0.756. The standard InChI is InChI=1S/C23H28N4O3/c1-5-14-27-23(29)19-9-7-6-8-18(19)21(25-27)22(28)24-15-20(26(2)3)16-10-12-17(30-4)13-11-16/h6-13,20H,5,14-15H2,1-4H3,(H,24,28). The number of amides is 1. The smallest absolute Gasteiger partial charge is 0.274 e. The van der Waals surface area contributed by atoms with E-state index < -0.39 is 0 Å². The Bertz CT molecular complexity index is 1070. The van der Waals surface area contributed by atoms with Crippen LogP contribution in [0, 0.1) is 0 Å². The van der Waals surface area contributed by atoms with E-state index in [0.717, 1.165) is 17.7 Å². The van der Waals surface area contributed by atoms with Gasteiger partial charge in [0.25, 0.3) is 11.5 Å². The average Bonchev–Trinajstić information content (AvgIpc) is 2.76. The van der Waals surface area contributed by atoms with Crippen molar-refractivity contribution in [2.24, 2.45) is 0 Å². The summed E-state index contributed by atoms with van der Waals surface area (Å²) in [6.45, 7) is 2.84. The first-order valence-corrected chi connectivity index (χ1v) is 10.0. The van der Waals surface area contributed by atoms with Gasteiger partial charge in [-0.1, -0.05) is 37.3 Å². The molecule has 0 bridgehead atoms. The molecule has 0 aliphatic carbocycles. The molecule has 7 nitrogen and oxygen atoms in total. The number of likely N-dealkylation sites (N-methyl/N-ethyl adjacent to an activating group) is 1. The lowest BCUT2D eigenvalue weighted by atomic mass is 10.1. The highest BCUT2D eigenvalue weighted by molar-refractivity contribution is 6.04. The molecule has 3 rings (SSSR count). The van der Waals surface area contributed by atoms with E-state index in [1.54, 1.807) is 25.3 Å². The van der Waals surface area contributed by atoms with Gasteiger partial charge in [-0.2, -0.15) is 5.10 Å². The molecule has 7 heteroatoms. The lowest BCUT2D eigenvalue weighted by Gasteiger charge is -2.25. The van der Waals surface area contributed by atoms with Crippen LogP contribution in [-0.2, 0) is 6.54 Å². The molecule has 1 amide bonds. The summed E-state index contributed by atoms with van der Waals surface area (Å²) in [5.74, 6) is 0.491. The van der Waals surface area contributed by atoms with E-state index in [-0.39, 0.29) is 23.2 Å². The number of hydrogen-bond acceptors (Lipinski definition) is 5. The Morgan fingerprint density at radius 1 is 1.13 bits per heavy atom. The van der Waals surface area contributed by atoms with Gasteiger partial charge in [-0.05, 0) is 44.3 Å². The largest absolute Gasteiger partial charge is 0.497 e. The van der Waals surface area contributed by atoms with Crippen molar-refractivity contribution in [3.05, 3.63) is 70.1 Å². The van der Waals surface area contributed by atoms with Crippen LogP contribution in [0.3, 0.4) is 0 Å². The predicted octanol–water partition coefficient (Wildman–Crippen LogP) is 2.85. The number of carbonyl (C=O) groups is 1. The van der Waals surface area contributed by atoms with Crippen LogP contribution in [0.1, 0.15) is 35.4 Å². The Balaban J connectivity index is 1.88. The molecule has 3 aromatic rings. The van der Waals surface area contributed by atoms with Crippen molar-refractivity contribution in [3.63, 3.8) is 0 Å². The maximum absolute atomic E-state index is 13.1. The number of hydrogen-bond donors (Lipinski definition) is 1. The number of aryl methyl sites for hydroxylation is 1. The van der Waals surface area contributed by atoms with E-state index in [1.807, 2.05) is 56.3 Å². The summed E-state index contributed by atoms with van der Waals surface area (Å²) in [4.78, 5) is 27.7. The Morgan fingerprint density at radius 3 is 2.40 bits per heavy atom. The summed E-state index contributed by atoms with van der Waals surface area (Å²) in [7, 11) is 5.57. The predicted molar refractivity (Wildman–Crippen MR) is 118 cm³/mol. The molecule has 1 aromatic heterocycles. The van der Waals surface area contributed by atoms with Gasteiger partial charge in [-0.15, -0.1) is 0 Å². The molecule has 0 aliphatic rings. The molecule has 0 spiro atoms. The molecule has 2 aromatic carbocycles. The third-order valence-electron chi connectivity index (χ3n) is 5.10. The number of ether oxygens (including phenoxy) is 1. The average molecular weight is 409 g/mol. The number of carbonyl (C=O) groups excluding carboxylic acids is 1. The monoisotopic (exact) mass is 408 g/mol. The summed E-state index contributed by atoms with van der Waals surface area (Å²) in [5, 5.41) is 8.44. The zero-order valence-electron chi connectivity index (χ0n) is 17.9. The summed E-state index contributed by atoms with van der Waals surface area (Å²) in [5.41, 5.74) is 1.16. The van der Waals surface area contributed by atoms with Crippen LogP contribution in [0.4, 0.5) is 0 Å². The lowest BCUT2D eigenvalue weighted by molar-refractivity contribution is 0.0936. The Kier molecular flexibility index (Phi) is 6.84. The maximum atomic E-state index is 13.1. The van der Waals surface area contributed by atoms with Crippen LogP contribution in [0.25, 0.3) is 10.8 Å². The van der Waals surface area contributed by atoms with Crippen molar-refractivity contribution in [1.82, 2.24) is 20.0 Å². The molecular formula is C23H28N4O3. The van der Waals surface area contributed by atoms with Crippen molar-refractivity contribution in [2.45, 2.75) is 25.9 Å². The van der Waals surface area contributed by atoms with Crippen molar-refractivity contribution in [2.75, 3.05) is 27.7 Å². The number of methoxy groups -OCH3 is 1. The number of aromatic nitrogens is 2. The van der Waals surface area contributed by atoms with E-state index >= 15 is 0 Å². The summed E-state index contributed by atoms with van der Waals surface area (Å²) < 4.78 is 6.61. The Morgan fingerprint density at radius 2 is 1.80 bits per heavy atom. The summed E-state index contributed by atoms with van der Waals surface area (Å²) in [6, 6.07) is 14.9. The fourth-order valence-electron chi connectivity index (χ4n) is 3.46. The minimum atomic E-state index is -0.295. The number of nitrogens with zero attached hydrogens (tertiary/aromatic N) is 3. The molecule has 0 saturated carbocycles. The van der Waals surface area contributed by atoms with Gasteiger partial charge < -0.3 is 15.0 Å². The molecule has 0 saturated heterocycles. The van der Waals surface area contributed by atoms with Gasteiger partial charge in [0.05, 0.1) is 18.5 Å². The molecule has 1 atom stereocenters. The lowest BCUT2D eigenvalue weighted by Crippen LogP contribution is -2.36. The molecular weight excluding hydrogens is 380 g/mol. The Labute approximate surface area is 176 Å². The molecule has 1 heterocycles. The van der Waals surface area contributed by atoms with E-state index in [1.165, 1.54) is 4.68 Å². The van der Waals surface area contributed by atoms with Gasteiger partial charge in [0.2, 0.25) is 0 Å². The van der Waals surface area contributed by atoms with E-state index in [9.17, 15) is 9.59 Å². The highest BCUT2D eigenvalue weighted by atomic mass is 16.5. The van der Waals surface area contributed by atoms with Crippen LogP contribution in [0.5, 0.6) is 5.75 Å². The fourth-order valence-corrected chi connectivity index (χ4v) is 3.46. The second-order valence-corrected chi connectivity index (χ2v) is 7.39. The van der Waals surface area contributed by atoms with Crippen LogP contribution >= 0.6 is 0 Å². The molecule has 30 heavy (non-hydrogen) atoms. The van der Waals surface area contributed by atoms with Crippen LogP contribution in [0.15, 0.2) is 53.3 Å². The van der Waals surface area contributed by atoms with Gasteiger partial charge in [0, 0.05) is 18.5 Å². The van der Waals surface area contributed by atoms with Crippen LogP contribution in [-0.4, -0.2) is 48.3 Å². The normalized spacial score (nSPS) is 12.2. The second-order valence-electron chi connectivity index (χ2n) is 7.39. The first kappa shape index (κ1) is 21.5. The second kappa shape index (κ2) is 9.54. The SMILES string of the molecule is CCCn1nc(C(=O)NCC(c2ccc(OC)cc2)N(C)C)c2ccccc2c1=O. The minimum Gasteiger partial charge on any atom is -0.497 e. The third-order valence-corrected chi connectivity index (χ3v) is 5.10. The van der Waals surface area contributed by atoms with Crippen LogP contribution < -0.4 is 15.6 Å². The molecule has 0 fully saturated rings. The zero-order chi connectivity index (χ0) is 21.7. The van der Waals surface area contributed by atoms with Crippen molar-refractivity contribution < 1.29 is 9.53 Å². The minimum absolute atomic E-state index is 0.0207. The quantitative estimate of drug-likeness (QED) is 0.620. The van der Waals surface area contributed by atoms with Crippen molar-refractivity contribution >= 4 is 16.7 Å². The molecule has 0 aliphatic heterocycles. The molecule has 0 radical (unpaired) electrons. The number of fused-ring (bicyclic) bond motifs is 1. The molecule has 1 N–H and O–H groups in total. The number of nitrogens with one attached hydrogen (secondary N) is 1. The first-order chi connectivity index (χ1) is 14.5. The van der Waals surface area contributed by atoms with Crippen molar-refractivity contribution in [3.8, 4) is 5.75 Å². The van der Waals surface area contributed by atoms with E-state index in [0.29, 0.717) is 23.9 Å². The number of benzene rings is 2. The molecule has 1 unspecified atom stereocenters. The van der Waals surface area contributed by atoms with Gasteiger partial charge in [-0.3, -0.25) is 9.59 Å². The maximum Gasteiger partial charge on any atom is 0.274 e. The first-order valence-electron chi connectivity index (χ1n) is 10.0. The highest BCUT2D eigenvalue weighted by Crippen LogP contribution is 2.21. The van der Waals surface area contributed by atoms with Crippen molar-refractivity contribution in [1.29, 1.82) is 0 Å². The fraction of sp³-hybridized carbons (Fsp3) is 0.348.